The van der Waals surface area contributed by atoms with Gasteiger partial charge in [0, 0.05) is 0 Å². The Labute approximate surface area is 71.2 Å². The van der Waals surface area contributed by atoms with Crippen molar-refractivity contribution in [3.05, 3.63) is 41.5 Å². The molecule has 0 aliphatic carbocycles. The number of aromatic carboxylic acids is 1. The number of carbonyl (C=O) groups is 1. The summed E-state index contributed by atoms with van der Waals surface area (Å²) < 4.78 is 0. The second-order valence-electron chi connectivity index (χ2n) is 2.55. The van der Waals surface area contributed by atoms with E-state index in [2.05, 4.69) is 6.58 Å². The van der Waals surface area contributed by atoms with Crippen LogP contribution in [0.15, 0.2) is 24.8 Å². The molecule has 62 valence electrons. The Morgan fingerprint density at radius 3 is 2.67 bits per heavy atom. The molecule has 0 fully saturated rings. The predicted molar refractivity (Wildman–Crippen MR) is 48.2 cm³/mol. The first kappa shape index (κ1) is 8.53. The maximum Gasteiger partial charge on any atom is 0.336 e. The maximum atomic E-state index is 10.7. The minimum atomic E-state index is -0.909. The third-order valence-corrected chi connectivity index (χ3v) is 1.76. The summed E-state index contributed by atoms with van der Waals surface area (Å²) in [7, 11) is 0. The van der Waals surface area contributed by atoms with Gasteiger partial charge in [-0.25, -0.2) is 4.79 Å². The first-order valence-corrected chi connectivity index (χ1v) is 3.62. The number of hydrogen-bond acceptors (Lipinski definition) is 1. The van der Waals surface area contributed by atoms with Gasteiger partial charge in [0.2, 0.25) is 0 Å². The molecule has 0 amide bonds. The molecule has 1 aromatic carbocycles. The van der Waals surface area contributed by atoms with E-state index in [0.29, 0.717) is 11.1 Å². The molecule has 1 rings (SSSR count). The van der Waals surface area contributed by atoms with E-state index in [1.807, 2.05) is 13.0 Å². The van der Waals surface area contributed by atoms with Crippen molar-refractivity contribution in [2.45, 2.75) is 6.92 Å². The summed E-state index contributed by atoms with van der Waals surface area (Å²) in [6, 6.07) is 5.17. The van der Waals surface area contributed by atoms with Gasteiger partial charge in [0.05, 0.1) is 5.56 Å². The van der Waals surface area contributed by atoms with Crippen molar-refractivity contribution in [3.63, 3.8) is 0 Å². The Balaban J connectivity index is 3.37. The largest absolute Gasteiger partial charge is 0.478 e. The van der Waals surface area contributed by atoms with E-state index in [9.17, 15) is 4.79 Å². The van der Waals surface area contributed by atoms with Crippen LogP contribution < -0.4 is 0 Å². The zero-order chi connectivity index (χ0) is 9.14. The van der Waals surface area contributed by atoms with Gasteiger partial charge in [0.1, 0.15) is 0 Å². The van der Waals surface area contributed by atoms with Crippen molar-refractivity contribution >= 4 is 12.0 Å². The number of hydrogen-bond donors (Lipinski definition) is 1. The number of carboxylic acids is 1. The normalized spacial score (nSPS) is 9.42. The molecule has 0 atom stereocenters. The molecule has 1 N–H and O–H groups in total. The summed E-state index contributed by atoms with van der Waals surface area (Å²) in [5.74, 6) is -0.909. The smallest absolute Gasteiger partial charge is 0.336 e. The lowest BCUT2D eigenvalue weighted by Gasteiger charge is -2.03. The highest BCUT2D eigenvalue weighted by atomic mass is 16.4. The van der Waals surface area contributed by atoms with Crippen LogP contribution in [0.5, 0.6) is 0 Å². The topological polar surface area (TPSA) is 37.3 Å². The molecule has 0 aliphatic rings. The molecule has 0 radical (unpaired) electrons. The Hall–Kier alpha value is -1.57. The van der Waals surface area contributed by atoms with Crippen molar-refractivity contribution in [2.75, 3.05) is 0 Å². The van der Waals surface area contributed by atoms with Gasteiger partial charge in [0.25, 0.3) is 0 Å². The van der Waals surface area contributed by atoms with Crippen LogP contribution in [-0.2, 0) is 0 Å². The molecule has 0 heterocycles. The highest BCUT2D eigenvalue weighted by Crippen LogP contribution is 2.14. The van der Waals surface area contributed by atoms with Gasteiger partial charge < -0.3 is 5.11 Å². The third kappa shape index (κ3) is 1.37. The fourth-order valence-corrected chi connectivity index (χ4v) is 1.14. The van der Waals surface area contributed by atoms with E-state index >= 15 is 0 Å². The molecule has 0 aliphatic heterocycles. The van der Waals surface area contributed by atoms with Crippen LogP contribution in [0.1, 0.15) is 21.5 Å². The monoisotopic (exact) mass is 162 g/mol. The van der Waals surface area contributed by atoms with Crippen LogP contribution in [-0.4, -0.2) is 11.1 Å². The highest BCUT2D eigenvalue weighted by molar-refractivity contribution is 5.92. The highest BCUT2D eigenvalue weighted by Gasteiger charge is 2.07. The fourth-order valence-electron chi connectivity index (χ4n) is 1.14. The van der Waals surface area contributed by atoms with Gasteiger partial charge in [-0.2, -0.15) is 0 Å². The zero-order valence-electron chi connectivity index (χ0n) is 6.87. The molecule has 2 nitrogen and oxygen atoms in total. The second kappa shape index (κ2) is 3.22. The first-order valence-electron chi connectivity index (χ1n) is 3.62. The summed E-state index contributed by atoms with van der Waals surface area (Å²) in [6.45, 7) is 5.44. The minimum absolute atomic E-state index is 0.310. The van der Waals surface area contributed by atoms with E-state index in [4.69, 9.17) is 5.11 Å². The maximum absolute atomic E-state index is 10.7. The average molecular weight is 162 g/mol. The zero-order valence-corrected chi connectivity index (χ0v) is 6.87. The van der Waals surface area contributed by atoms with E-state index in [1.54, 1.807) is 18.2 Å². The lowest BCUT2D eigenvalue weighted by molar-refractivity contribution is 0.0696. The lowest BCUT2D eigenvalue weighted by Crippen LogP contribution is -2.00. The van der Waals surface area contributed by atoms with Crippen molar-refractivity contribution in [3.8, 4) is 0 Å². The van der Waals surface area contributed by atoms with E-state index in [0.717, 1.165) is 5.56 Å². The summed E-state index contributed by atoms with van der Waals surface area (Å²) in [6.07, 6.45) is 1.57. The van der Waals surface area contributed by atoms with Gasteiger partial charge in [0.15, 0.2) is 0 Å². The molecule has 0 bridgehead atoms. The average Bonchev–Trinajstić information content (AvgIpc) is 2.03. The van der Waals surface area contributed by atoms with Gasteiger partial charge in [-0.05, 0) is 24.1 Å². The van der Waals surface area contributed by atoms with E-state index < -0.39 is 5.97 Å². The Kier molecular flexibility index (Phi) is 2.29. The van der Waals surface area contributed by atoms with Crippen LogP contribution in [0.4, 0.5) is 0 Å². The van der Waals surface area contributed by atoms with Crippen LogP contribution in [0.25, 0.3) is 6.08 Å². The molecule has 1 aromatic rings. The Morgan fingerprint density at radius 2 is 2.25 bits per heavy atom. The minimum Gasteiger partial charge on any atom is -0.478 e. The van der Waals surface area contributed by atoms with E-state index in [-0.39, 0.29) is 0 Å². The quantitative estimate of drug-likeness (QED) is 0.724. The van der Waals surface area contributed by atoms with Crippen LogP contribution in [0.3, 0.4) is 0 Å². The summed E-state index contributed by atoms with van der Waals surface area (Å²) in [4.78, 5) is 10.7. The Bertz CT molecular complexity index is 327. The molecule has 0 unspecified atom stereocenters. The third-order valence-electron chi connectivity index (χ3n) is 1.76. The van der Waals surface area contributed by atoms with Gasteiger partial charge in [-0.1, -0.05) is 24.8 Å². The molecule has 0 aromatic heterocycles. The standard InChI is InChI=1S/C10H10O2/c1-3-8-7(2)5-4-6-9(8)10(11)12/h3-6H,1H2,2H3,(H,11,12). The fraction of sp³-hybridized carbons (Fsp3) is 0.100. The van der Waals surface area contributed by atoms with Crippen LogP contribution in [0.2, 0.25) is 0 Å². The van der Waals surface area contributed by atoms with Gasteiger partial charge in [-0.3, -0.25) is 0 Å². The predicted octanol–water partition coefficient (Wildman–Crippen LogP) is 2.34. The van der Waals surface area contributed by atoms with Gasteiger partial charge >= 0.3 is 5.97 Å². The first-order chi connectivity index (χ1) is 5.66. The number of rotatable bonds is 2. The molecule has 12 heavy (non-hydrogen) atoms. The summed E-state index contributed by atoms with van der Waals surface area (Å²) in [5, 5.41) is 8.77. The number of benzene rings is 1. The molecule has 0 saturated carbocycles. The molecule has 0 saturated heterocycles. The second-order valence-corrected chi connectivity index (χ2v) is 2.55. The van der Waals surface area contributed by atoms with Crippen molar-refractivity contribution < 1.29 is 9.90 Å². The SMILES string of the molecule is C=Cc1c(C)cccc1C(=O)O. The van der Waals surface area contributed by atoms with Crippen molar-refractivity contribution in [2.24, 2.45) is 0 Å². The van der Waals surface area contributed by atoms with Crippen molar-refractivity contribution in [1.29, 1.82) is 0 Å². The number of carboxylic acid groups (broad SMARTS) is 1. The van der Waals surface area contributed by atoms with Crippen LogP contribution >= 0.6 is 0 Å². The van der Waals surface area contributed by atoms with Gasteiger partial charge in [-0.15, -0.1) is 0 Å². The molecular weight excluding hydrogens is 152 g/mol. The summed E-state index contributed by atoms with van der Waals surface area (Å²) >= 11 is 0. The van der Waals surface area contributed by atoms with Crippen molar-refractivity contribution in [1.82, 2.24) is 0 Å². The lowest BCUT2D eigenvalue weighted by atomic mass is 10.0. The molecule has 0 spiro atoms. The van der Waals surface area contributed by atoms with E-state index in [1.165, 1.54) is 0 Å². The molecule has 2 heteroatoms. The van der Waals surface area contributed by atoms with Crippen LogP contribution in [0, 0.1) is 6.92 Å². The summed E-state index contributed by atoms with van der Waals surface area (Å²) in [5.41, 5.74) is 1.94. The Morgan fingerprint density at radius 1 is 1.58 bits per heavy atom. The molecular formula is C10H10O2. The number of aryl methyl sites for hydroxylation is 1.